The van der Waals surface area contributed by atoms with Crippen LogP contribution in [0.3, 0.4) is 0 Å². The molecule has 5 heteroatoms. The number of nitrogens with one attached hydrogen (secondary N) is 1. The van der Waals surface area contributed by atoms with Crippen LogP contribution in [0.15, 0.2) is 30.5 Å². The van der Waals surface area contributed by atoms with E-state index in [2.05, 4.69) is 56.3 Å². The van der Waals surface area contributed by atoms with Gasteiger partial charge < -0.3 is 10.2 Å². The predicted molar refractivity (Wildman–Crippen MR) is 96.6 cm³/mol. The number of amides is 1. The molecule has 5 nitrogen and oxygen atoms in total. The number of benzene rings is 1. The summed E-state index contributed by atoms with van der Waals surface area (Å²) in [6.07, 6.45) is 3.54. The molecule has 0 radical (unpaired) electrons. The van der Waals surface area contributed by atoms with Crippen LogP contribution in [0.25, 0.3) is 5.69 Å². The summed E-state index contributed by atoms with van der Waals surface area (Å²) in [6, 6.07) is 8.41. The number of carbonyl (C=O) groups is 1. The van der Waals surface area contributed by atoms with Crippen LogP contribution in [0.4, 0.5) is 5.69 Å². The minimum absolute atomic E-state index is 0.146. The molecule has 1 aliphatic rings. The minimum atomic E-state index is -0.146. The van der Waals surface area contributed by atoms with Gasteiger partial charge in [-0.3, -0.25) is 4.79 Å². The van der Waals surface area contributed by atoms with E-state index in [1.807, 2.05) is 21.8 Å². The Balaban J connectivity index is 1.84. The van der Waals surface area contributed by atoms with Gasteiger partial charge in [0, 0.05) is 12.6 Å². The molecule has 3 rings (SSSR count). The number of rotatable bonds is 5. The molecule has 2 heterocycles. The van der Waals surface area contributed by atoms with E-state index < -0.39 is 0 Å². The highest BCUT2D eigenvalue weighted by molar-refractivity contribution is 5.87. The summed E-state index contributed by atoms with van der Waals surface area (Å²) in [5.74, 6) is 0.190. The Morgan fingerprint density at radius 2 is 2.17 bits per heavy atom. The van der Waals surface area contributed by atoms with Crippen molar-refractivity contribution in [3.63, 3.8) is 0 Å². The van der Waals surface area contributed by atoms with E-state index in [-0.39, 0.29) is 18.0 Å². The van der Waals surface area contributed by atoms with Gasteiger partial charge in [0.2, 0.25) is 5.91 Å². The maximum absolute atomic E-state index is 12.5. The number of nitrogens with zero attached hydrogens (tertiary/aromatic N) is 3. The SMILES string of the molecule is CCc1c(NC2CCN(C(C)C)C2=O)cnn1-c1cccc(C)c1. The van der Waals surface area contributed by atoms with Crippen molar-refractivity contribution in [2.45, 2.75) is 52.6 Å². The summed E-state index contributed by atoms with van der Waals surface area (Å²) in [4.78, 5) is 14.4. The van der Waals surface area contributed by atoms with Crippen LogP contribution in [0.2, 0.25) is 0 Å². The maximum Gasteiger partial charge on any atom is 0.245 e. The van der Waals surface area contributed by atoms with Crippen molar-refractivity contribution in [1.29, 1.82) is 0 Å². The van der Waals surface area contributed by atoms with Crippen LogP contribution in [0.1, 0.15) is 38.4 Å². The van der Waals surface area contributed by atoms with E-state index >= 15 is 0 Å². The molecule has 0 saturated carbocycles. The molecule has 1 amide bonds. The van der Waals surface area contributed by atoms with Gasteiger partial charge in [-0.15, -0.1) is 0 Å². The molecule has 1 fully saturated rings. The summed E-state index contributed by atoms with van der Waals surface area (Å²) in [6.45, 7) is 9.14. The van der Waals surface area contributed by atoms with Crippen molar-refractivity contribution < 1.29 is 4.79 Å². The zero-order valence-corrected chi connectivity index (χ0v) is 14.9. The second-order valence-electron chi connectivity index (χ2n) is 6.72. The quantitative estimate of drug-likeness (QED) is 0.918. The maximum atomic E-state index is 12.5. The number of hydrogen-bond acceptors (Lipinski definition) is 3. The van der Waals surface area contributed by atoms with Crippen molar-refractivity contribution in [1.82, 2.24) is 14.7 Å². The zero-order chi connectivity index (χ0) is 17.3. The summed E-state index contributed by atoms with van der Waals surface area (Å²) in [7, 11) is 0. The lowest BCUT2D eigenvalue weighted by molar-refractivity contribution is -0.129. The molecular weight excluding hydrogens is 300 g/mol. The molecule has 1 aromatic carbocycles. The first-order chi connectivity index (χ1) is 11.5. The van der Waals surface area contributed by atoms with E-state index in [9.17, 15) is 4.79 Å². The molecule has 1 aromatic heterocycles. The van der Waals surface area contributed by atoms with E-state index in [4.69, 9.17) is 0 Å². The van der Waals surface area contributed by atoms with Crippen molar-refractivity contribution >= 4 is 11.6 Å². The number of hydrogen-bond donors (Lipinski definition) is 1. The Morgan fingerprint density at radius 1 is 1.38 bits per heavy atom. The smallest absolute Gasteiger partial charge is 0.245 e. The Kier molecular flexibility index (Phi) is 4.60. The molecule has 0 bridgehead atoms. The van der Waals surface area contributed by atoms with E-state index in [0.29, 0.717) is 0 Å². The van der Waals surface area contributed by atoms with Crippen LogP contribution in [-0.4, -0.2) is 39.2 Å². The van der Waals surface area contributed by atoms with Gasteiger partial charge in [0.05, 0.1) is 23.3 Å². The Hall–Kier alpha value is -2.30. The molecular formula is C19H26N4O. The molecule has 1 N–H and O–H groups in total. The monoisotopic (exact) mass is 326 g/mol. The van der Waals surface area contributed by atoms with Crippen LogP contribution < -0.4 is 5.32 Å². The average Bonchev–Trinajstić information content (AvgIpc) is 3.12. The second kappa shape index (κ2) is 6.67. The van der Waals surface area contributed by atoms with Gasteiger partial charge in [0.1, 0.15) is 6.04 Å². The summed E-state index contributed by atoms with van der Waals surface area (Å²) >= 11 is 0. The number of likely N-dealkylation sites (tertiary alicyclic amines) is 1. The fourth-order valence-corrected chi connectivity index (χ4v) is 3.35. The van der Waals surface area contributed by atoms with E-state index in [1.54, 1.807) is 0 Å². The van der Waals surface area contributed by atoms with Gasteiger partial charge >= 0.3 is 0 Å². The highest BCUT2D eigenvalue weighted by Gasteiger charge is 2.33. The second-order valence-corrected chi connectivity index (χ2v) is 6.72. The fourth-order valence-electron chi connectivity index (χ4n) is 3.35. The van der Waals surface area contributed by atoms with Gasteiger partial charge in [-0.2, -0.15) is 5.10 Å². The normalized spacial score (nSPS) is 17.8. The number of anilines is 1. The van der Waals surface area contributed by atoms with Crippen molar-refractivity contribution in [3.05, 3.63) is 41.7 Å². The molecule has 0 spiro atoms. The van der Waals surface area contributed by atoms with Crippen LogP contribution in [-0.2, 0) is 11.2 Å². The van der Waals surface area contributed by atoms with E-state index in [1.165, 1.54) is 5.56 Å². The zero-order valence-electron chi connectivity index (χ0n) is 14.9. The third kappa shape index (κ3) is 3.03. The van der Waals surface area contributed by atoms with Gasteiger partial charge in [-0.1, -0.05) is 19.1 Å². The van der Waals surface area contributed by atoms with Crippen LogP contribution >= 0.6 is 0 Å². The van der Waals surface area contributed by atoms with Gasteiger partial charge in [0.25, 0.3) is 0 Å². The topological polar surface area (TPSA) is 50.2 Å². The largest absolute Gasteiger partial charge is 0.371 e. The number of aryl methyl sites for hydroxylation is 1. The Bertz CT molecular complexity index is 735. The highest BCUT2D eigenvalue weighted by Crippen LogP contribution is 2.24. The first kappa shape index (κ1) is 16.6. The van der Waals surface area contributed by atoms with Gasteiger partial charge in [-0.05, 0) is 51.3 Å². The first-order valence-electron chi connectivity index (χ1n) is 8.72. The minimum Gasteiger partial charge on any atom is -0.371 e. The molecule has 1 unspecified atom stereocenters. The molecule has 128 valence electrons. The van der Waals surface area contributed by atoms with Crippen LogP contribution in [0, 0.1) is 6.92 Å². The highest BCUT2D eigenvalue weighted by atomic mass is 16.2. The lowest BCUT2D eigenvalue weighted by Crippen LogP contribution is -2.37. The summed E-state index contributed by atoms with van der Waals surface area (Å²) in [5, 5.41) is 7.97. The lowest BCUT2D eigenvalue weighted by Gasteiger charge is -2.21. The number of carbonyl (C=O) groups excluding carboxylic acids is 1. The molecule has 24 heavy (non-hydrogen) atoms. The Labute approximate surface area is 143 Å². The molecule has 1 atom stereocenters. The summed E-state index contributed by atoms with van der Waals surface area (Å²) < 4.78 is 1.97. The van der Waals surface area contributed by atoms with Crippen molar-refractivity contribution in [3.8, 4) is 5.69 Å². The number of aromatic nitrogens is 2. The fraction of sp³-hybridized carbons (Fsp3) is 0.474. The van der Waals surface area contributed by atoms with Crippen LogP contribution in [0.5, 0.6) is 0 Å². The average molecular weight is 326 g/mol. The third-order valence-corrected chi connectivity index (χ3v) is 4.64. The standard InChI is InChI=1S/C19H26N4O/c1-5-18-17(21-16-9-10-22(13(2)3)19(16)24)12-20-23(18)15-8-6-7-14(4)11-15/h6-8,11-13,16,21H,5,9-10H2,1-4H3. The van der Waals surface area contributed by atoms with Gasteiger partial charge in [0.15, 0.2) is 0 Å². The lowest BCUT2D eigenvalue weighted by atomic mass is 10.2. The van der Waals surface area contributed by atoms with Gasteiger partial charge in [-0.25, -0.2) is 4.68 Å². The molecule has 1 aliphatic heterocycles. The predicted octanol–water partition coefficient (Wildman–Crippen LogP) is 3.16. The van der Waals surface area contributed by atoms with Crippen molar-refractivity contribution in [2.24, 2.45) is 0 Å². The summed E-state index contributed by atoms with van der Waals surface area (Å²) in [5.41, 5.74) is 4.33. The van der Waals surface area contributed by atoms with Crippen molar-refractivity contribution in [2.75, 3.05) is 11.9 Å². The third-order valence-electron chi connectivity index (χ3n) is 4.64. The molecule has 0 aliphatic carbocycles. The molecule has 2 aromatic rings. The Morgan fingerprint density at radius 3 is 2.79 bits per heavy atom. The first-order valence-corrected chi connectivity index (χ1v) is 8.72. The molecule has 1 saturated heterocycles. The van der Waals surface area contributed by atoms with E-state index in [0.717, 1.165) is 36.5 Å².